The summed E-state index contributed by atoms with van der Waals surface area (Å²) in [6.45, 7) is -1.33. The molecule has 7 N–H and O–H groups in total. The van der Waals surface area contributed by atoms with Crippen LogP contribution in [-0.2, 0) is 20.8 Å². The lowest BCUT2D eigenvalue weighted by Gasteiger charge is -2.42. The van der Waals surface area contributed by atoms with Crippen LogP contribution in [-0.4, -0.2) is 120 Å². The Balaban J connectivity index is 1.52. The van der Waals surface area contributed by atoms with Crippen molar-refractivity contribution in [3.63, 3.8) is 0 Å². The van der Waals surface area contributed by atoms with Gasteiger partial charge in [0, 0.05) is 0 Å². The van der Waals surface area contributed by atoms with Crippen molar-refractivity contribution in [2.45, 2.75) is 67.8 Å². The quantitative estimate of drug-likeness (QED) is 0.188. The number of ether oxygens (including phenoxy) is 4. The first kappa shape index (κ1) is 26.8. The lowest BCUT2D eigenvalue weighted by atomic mass is 9.89. The number of aliphatic hydroxyl groups is 7. The molecule has 1 aromatic heterocycles. The highest BCUT2D eigenvalue weighted by atomic mass is 16.7. The van der Waals surface area contributed by atoms with E-state index in [1.807, 2.05) is 0 Å². The number of hydrogen-bond acceptors (Lipinski definition) is 13. The van der Waals surface area contributed by atoms with E-state index in [1.54, 1.807) is 24.3 Å². The first-order valence-corrected chi connectivity index (χ1v) is 11.4. The van der Waals surface area contributed by atoms with E-state index in [-0.39, 0.29) is 12.3 Å². The van der Waals surface area contributed by atoms with Gasteiger partial charge in [0.1, 0.15) is 66.3 Å². The Kier molecular flexibility index (Phi) is 8.52. The number of nitrogens with zero attached hydrogens (tertiary/aromatic N) is 3. The van der Waals surface area contributed by atoms with Crippen LogP contribution in [0.15, 0.2) is 30.5 Å². The zero-order chi connectivity index (χ0) is 26.0. The van der Waals surface area contributed by atoms with E-state index >= 15 is 0 Å². The fourth-order valence-corrected chi connectivity index (χ4v) is 4.36. The third-order valence-corrected chi connectivity index (χ3v) is 6.44. The summed E-state index contributed by atoms with van der Waals surface area (Å²) in [7, 11) is 1.53. The Morgan fingerprint density at radius 2 is 1.50 bits per heavy atom. The van der Waals surface area contributed by atoms with Crippen LogP contribution in [0.3, 0.4) is 0 Å². The SMILES string of the molecule is COc1ccc(C2OC(CO)C(O)C(O)C2n2cc(COC3OC(CO)[C@H](O)C(O)[C@H]3O)nn2)cc1. The van der Waals surface area contributed by atoms with E-state index in [1.165, 1.54) is 18.0 Å². The van der Waals surface area contributed by atoms with E-state index in [4.69, 9.17) is 18.9 Å². The number of aliphatic hydroxyl groups excluding tert-OH is 7. The summed E-state index contributed by atoms with van der Waals surface area (Å²) in [5.41, 5.74) is 0.895. The first-order chi connectivity index (χ1) is 17.3. The molecule has 0 saturated carbocycles. The van der Waals surface area contributed by atoms with Crippen molar-refractivity contribution >= 4 is 0 Å². The summed E-state index contributed by atoms with van der Waals surface area (Å²) >= 11 is 0. The van der Waals surface area contributed by atoms with Gasteiger partial charge in [-0.2, -0.15) is 0 Å². The molecular weight excluding hydrogens is 482 g/mol. The molecule has 0 spiro atoms. The van der Waals surface area contributed by atoms with Crippen molar-refractivity contribution in [3.8, 4) is 5.75 Å². The van der Waals surface area contributed by atoms with E-state index in [2.05, 4.69) is 10.3 Å². The predicted octanol–water partition coefficient (Wildman–Crippen LogP) is -3.00. The summed E-state index contributed by atoms with van der Waals surface area (Å²) in [5.74, 6) is 0.610. The van der Waals surface area contributed by atoms with E-state index in [0.717, 1.165) is 0 Å². The van der Waals surface area contributed by atoms with Crippen LogP contribution in [0.25, 0.3) is 0 Å². The Hall–Kier alpha value is -2.24. The molecule has 2 aromatic rings. The lowest BCUT2D eigenvalue weighted by Crippen LogP contribution is -2.59. The van der Waals surface area contributed by atoms with Crippen LogP contribution in [0.4, 0.5) is 0 Å². The van der Waals surface area contributed by atoms with Crippen LogP contribution in [0, 0.1) is 0 Å². The standard InChI is InChI=1S/C22H31N3O11/c1-33-12-4-2-10(3-5-12)21-15(18(30)16(28)13(7-26)35-21)25-6-11(23-24-25)9-34-22-20(32)19(31)17(29)14(8-27)36-22/h2-6,13-22,26-32H,7-9H2,1H3/t13?,14?,15?,16?,17-,18?,19?,20+,21?,22?/m0/s1. The largest absolute Gasteiger partial charge is 0.497 e. The monoisotopic (exact) mass is 513 g/mol. The van der Waals surface area contributed by atoms with Crippen molar-refractivity contribution in [2.75, 3.05) is 20.3 Å². The number of rotatable bonds is 8. The Morgan fingerprint density at radius 1 is 0.861 bits per heavy atom. The molecule has 1 aromatic carbocycles. The molecule has 2 fully saturated rings. The Bertz CT molecular complexity index is 974. The van der Waals surface area contributed by atoms with Gasteiger partial charge in [0.2, 0.25) is 0 Å². The third-order valence-electron chi connectivity index (χ3n) is 6.44. The van der Waals surface area contributed by atoms with Gasteiger partial charge >= 0.3 is 0 Å². The van der Waals surface area contributed by atoms with Crippen LogP contribution in [0.1, 0.15) is 23.4 Å². The summed E-state index contributed by atoms with van der Waals surface area (Å²) < 4.78 is 23.2. The van der Waals surface area contributed by atoms with Gasteiger partial charge in [-0.1, -0.05) is 17.3 Å². The van der Waals surface area contributed by atoms with Crippen LogP contribution in [0.5, 0.6) is 5.75 Å². The zero-order valence-electron chi connectivity index (χ0n) is 19.4. The third kappa shape index (κ3) is 5.24. The molecule has 14 heteroatoms. The maximum atomic E-state index is 10.9. The molecular formula is C22H31N3O11. The van der Waals surface area contributed by atoms with E-state index < -0.39 is 74.4 Å². The molecule has 2 aliphatic heterocycles. The minimum Gasteiger partial charge on any atom is -0.497 e. The van der Waals surface area contributed by atoms with Crippen molar-refractivity contribution in [3.05, 3.63) is 41.7 Å². The van der Waals surface area contributed by atoms with Crippen LogP contribution in [0.2, 0.25) is 0 Å². The molecule has 2 aliphatic rings. The summed E-state index contributed by atoms with van der Waals surface area (Å²) in [6.07, 6.45) is -10.3. The number of methoxy groups -OCH3 is 1. The molecule has 0 bridgehead atoms. The maximum absolute atomic E-state index is 10.9. The smallest absolute Gasteiger partial charge is 0.187 e. The number of hydrogen-bond donors (Lipinski definition) is 7. The topological polar surface area (TPSA) is 209 Å². The summed E-state index contributed by atoms with van der Waals surface area (Å²) in [6, 6.07) is 5.96. The lowest BCUT2D eigenvalue weighted by molar-refractivity contribution is -0.304. The summed E-state index contributed by atoms with van der Waals surface area (Å²) in [5, 5.41) is 78.3. The minimum atomic E-state index is -1.59. The highest BCUT2D eigenvalue weighted by Gasteiger charge is 2.47. The molecule has 14 nitrogen and oxygen atoms in total. The van der Waals surface area contributed by atoms with Gasteiger partial charge < -0.3 is 54.7 Å². The molecule has 10 atom stereocenters. The average molecular weight is 514 g/mol. The van der Waals surface area contributed by atoms with E-state index in [9.17, 15) is 35.7 Å². The highest BCUT2D eigenvalue weighted by molar-refractivity contribution is 5.30. The molecule has 0 aliphatic carbocycles. The highest BCUT2D eigenvalue weighted by Crippen LogP contribution is 2.40. The van der Waals surface area contributed by atoms with Gasteiger partial charge in [0.05, 0.1) is 33.1 Å². The molecule has 36 heavy (non-hydrogen) atoms. The van der Waals surface area contributed by atoms with Gasteiger partial charge in [0.15, 0.2) is 6.29 Å². The van der Waals surface area contributed by atoms with Gasteiger partial charge in [-0.05, 0) is 17.7 Å². The maximum Gasteiger partial charge on any atom is 0.187 e. The normalized spacial score (nSPS) is 37.1. The summed E-state index contributed by atoms with van der Waals surface area (Å²) in [4.78, 5) is 0. The van der Waals surface area contributed by atoms with Gasteiger partial charge in [0.25, 0.3) is 0 Å². The van der Waals surface area contributed by atoms with Crippen molar-refractivity contribution < 1.29 is 54.7 Å². The van der Waals surface area contributed by atoms with Crippen LogP contribution < -0.4 is 4.74 Å². The second-order valence-corrected chi connectivity index (χ2v) is 8.72. The zero-order valence-corrected chi connectivity index (χ0v) is 19.4. The molecule has 4 rings (SSSR count). The minimum absolute atomic E-state index is 0.235. The van der Waals surface area contributed by atoms with Gasteiger partial charge in [-0.15, -0.1) is 5.10 Å². The Morgan fingerprint density at radius 3 is 2.14 bits per heavy atom. The fourth-order valence-electron chi connectivity index (χ4n) is 4.36. The number of benzene rings is 1. The second kappa shape index (κ2) is 11.4. The van der Waals surface area contributed by atoms with Crippen molar-refractivity contribution in [1.29, 1.82) is 0 Å². The van der Waals surface area contributed by atoms with Gasteiger partial charge in [-0.3, -0.25) is 0 Å². The number of aromatic nitrogens is 3. The van der Waals surface area contributed by atoms with Crippen molar-refractivity contribution in [1.82, 2.24) is 15.0 Å². The second-order valence-electron chi connectivity index (χ2n) is 8.72. The van der Waals surface area contributed by atoms with E-state index in [0.29, 0.717) is 11.3 Å². The molecule has 2 saturated heterocycles. The van der Waals surface area contributed by atoms with Crippen molar-refractivity contribution in [2.24, 2.45) is 0 Å². The predicted molar refractivity (Wildman–Crippen MR) is 117 cm³/mol. The first-order valence-electron chi connectivity index (χ1n) is 11.4. The molecule has 3 heterocycles. The molecule has 0 radical (unpaired) electrons. The average Bonchev–Trinajstić information content (AvgIpc) is 3.37. The fraction of sp³-hybridized carbons (Fsp3) is 0.636. The van der Waals surface area contributed by atoms with Crippen LogP contribution >= 0.6 is 0 Å². The molecule has 200 valence electrons. The van der Waals surface area contributed by atoms with Gasteiger partial charge in [-0.25, -0.2) is 4.68 Å². The molecule has 8 unspecified atom stereocenters. The Labute approximate surface area is 205 Å². The molecule has 0 amide bonds.